The van der Waals surface area contributed by atoms with E-state index in [1.807, 2.05) is 47.9 Å². The maximum Gasteiger partial charge on any atom is 0.164 e. The number of hydrogen-bond acceptors (Lipinski definition) is 5. The number of rotatable bonds is 2. The van der Waals surface area contributed by atoms with E-state index in [4.69, 9.17) is 4.74 Å². The van der Waals surface area contributed by atoms with E-state index < -0.39 is 0 Å². The van der Waals surface area contributed by atoms with Crippen molar-refractivity contribution >= 4 is 27.6 Å². The van der Waals surface area contributed by atoms with Crippen molar-refractivity contribution in [2.45, 2.75) is 6.92 Å². The maximum atomic E-state index is 15.1. The molecule has 1 aliphatic rings. The number of benzene rings is 2. The van der Waals surface area contributed by atoms with Crippen LogP contribution in [0.15, 0.2) is 79.6 Å². The summed E-state index contributed by atoms with van der Waals surface area (Å²) in [6.45, 7) is 2.20. The number of anilines is 1. The van der Waals surface area contributed by atoms with E-state index in [0.717, 1.165) is 38.9 Å². The monoisotopic (exact) mass is 447 g/mol. The van der Waals surface area contributed by atoms with Crippen molar-refractivity contribution in [2.75, 3.05) is 11.6 Å². The molecule has 0 bridgehead atoms. The SMILES string of the molecule is Cc1nc2cnc3ccc(C#Cc4cccnc4)cc3c2n1-c1ccc(N2C=COC2)c(F)c1. The van der Waals surface area contributed by atoms with Crippen molar-refractivity contribution in [2.24, 2.45) is 0 Å². The smallest absolute Gasteiger partial charge is 0.164 e. The van der Waals surface area contributed by atoms with Crippen LogP contribution in [0.3, 0.4) is 0 Å². The van der Waals surface area contributed by atoms with Crippen LogP contribution >= 0.6 is 0 Å². The summed E-state index contributed by atoms with van der Waals surface area (Å²) in [5.41, 5.74) is 5.25. The summed E-state index contributed by atoms with van der Waals surface area (Å²) >= 11 is 0. The second-order valence-corrected chi connectivity index (χ2v) is 7.90. The summed E-state index contributed by atoms with van der Waals surface area (Å²) in [6.07, 6.45) is 8.46. The number of aryl methyl sites for hydroxylation is 1. The highest BCUT2D eigenvalue weighted by Crippen LogP contribution is 2.31. The number of imidazole rings is 1. The Morgan fingerprint density at radius 2 is 1.91 bits per heavy atom. The van der Waals surface area contributed by atoms with Gasteiger partial charge in [0.2, 0.25) is 0 Å². The number of fused-ring (bicyclic) bond motifs is 3. The normalized spacial score (nSPS) is 12.7. The van der Waals surface area contributed by atoms with E-state index in [1.54, 1.807) is 42.0 Å². The second kappa shape index (κ2) is 8.01. The first-order valence-corrected chi connectivity index (χ1v) is 10.7. The Labute approximate surface area is 195 Å². The lowest BCUT2D eigenvalue weighted by Crippen LogP contribution is -2.14. The molecule has 5 aromatic rings. The third kappa shape index (κ3) is 3.42. The quantitative estimate of drug-likeness (QED) is 0.353. The standard InChI is InChI=1S/C27H18FN5O/c1-18-31-25-16-30-24-8-6-19(4-5-20-3-2-10-29-15-20)13-22(24)27(25)33(18)21-7-9-26(23(28)14-21)32-11-12-34-17-32/h2-3,6-16H,17H2,1H3. The Bertz CT molecular complexity index is 1650. The van der Waals surface area contributed by atoms with Crippen LogP contribution in [0, 0.1) is 24.6 Å². The molecule has 0 spiro atoms. The molecule has 2 aromatic carbocycles. The summed E-state index contributed by atoms with van der Waals surface area (Å²) in [4.78, 5) is 15.1. The van der Waals surface area contributed by atoms with E-state index in [0.29, 0.717) is 18.1 Å². The van der Waals surface area contributed by atoms with Gasteiger partial charge in [0, 0.05) is 41.2 Å². The molecule has 0 saturated carbocycles. The van der Waals surface area contributed by atoms with Crippen LogP contribution in [0.25, 0.3) is 27.6 Å². The highest BCUT2D eigenvalue weighted by atomic mass is 19.1. The van der Waals surface area contributed by atoms with Crippen LogP contribution in [-0.2, 0) is 4.74 Å². The number of pyridine rings is 2. The molecule has 6 nitrogen and oxygen atoms in total. The first-order chi connectivity index (χ1) is 16.7. The van der Waals surface area contributed by atoms with Crippen molar-refractivity contribution in [3.8, 4) is 17.5 Å². The maximum absolute atomic E-state index is 15.1. The fourth-order valence-electron chi connectivity index (χ4n) is 4.15. The molecule has 7 heteroatoms. The van der Waals surface area contributed by atoms with Gasteiger partial charge in [-0.05, 0) is 49.4 Å². The summed E-state index contributed by atoms with van der Waals surface area (Å²) in [5.74, 6) is 6.75. The summed E-state index contributed by atoms with van der Waals surface area (Å²) < 4.78 is 22.2. The minimum Gasteiger partial charge on any atom is -0.479 e. The lowest BCUT2D eigenvalue weighted by Gasteiger charge is -2.16. The van der Waals surface area contributed by atoms with E-state index in [2.05, 4.69) is 26.8 Å². The Morgan fingerprint density at radius 1 is 1.00 bits per heavy atom. The summed E-state index contributed by atoms with van der Waals surface area (Å²) in [7, 11) is 0. The van der Waals surface area contributed by atoms with Gasteiger partial charge in [-0.2, -0.15) is 0 Å². The first kappa shape index (κ1) is 19.9. The summed E-state index contributed by atoms with van der Waals surface area (Å²) in [5, 5.41) is 0.899. The Balaban J connectivity index is 1.50. The van der Waals surface area contributed by atoms with Gasteiger partial charge in [-0.1, -0.05) is 11.8 Å². The first-order valence-electron chi connectivity index (χ1n) is 10.7. The molecule has 0 amide bonds. The molecule has 0 fully saturated rings. The fourth-order valence-corrected chi connectivity index (χ4v) is 4.15. The van der Waals surface area contributed by atoms with Gasteiger partial charge in [0.05, 0.1) is 28.6 Å². The van der Waals surface area contributed by atoms with E-state index in [1.165, 1.54) is 6.07 Å². The average Bonchev–Trinajstić information content (AvgIpc) is 3.51. The number of ether oxygens (including phenoxy) is 1. The van der Waals surface area contributed by atoms with Gasteiger partial charge in [0.1, 0.15) is 23.4 Å². The lowest BCUT2D eigenvalue weighted by molar-refractivity contribution is 0.281. The number of aromatic nitrogens is 4. The molecular formula is C27H18FN5O. The van der Waals surface area contributed by atoms with Crippen molar-refractivity contribution < 1.29 is 9.13 Å². The largest absolute Gasteiger partial charge is 0.479 e. The zero-order valence-electron chi connectivity index (χ0n) is 18.2. The zero-order chi connectivity index (χ0) is 23.1. The third-order valence-corrected chi connectivity index (χ3v) is 5.71. The van der Waals surface area contributed by atoms with Crippen LogP contribution in [0.1, 0.15) is 17.0 Å². The number of hydrogen-bond donors (Lipinski definition) is 0. The van der Waals surface area contributed by atoms with E-state index in [-0.39, 0.29) is 5.82 Å². The lowest BCUT2D eigenvalue weighted by atomic mass is 10.1. The van der Waals surface area contributed by atoms with Gasteiger partial charge in [-0.25, -0.2) is 9.37 Å². The van der Waals surface area contributed by atoms with E-state index in [9.17, 15) is 0 Å². The van der Waals surface area contributed by atoms with E-state index >= 15 is 4.39 Å². The molecule has 6 rings (SSSR count). The molecule has 0 saturated heterocycles. The van der Waals surface area contributed by atoms with Crippen molar-refractivity contribution in [1.29, 1.82) is 0 Å². The molecule has 164 valence electrons. The number of nitrogens with zero attached hydrogens (tertiary/aromatic N) is 5. The van der Waals surface area contributed by atoms with Gasteiger partial charge in [-0.3, -0.25) is 14.5 Å². The topological polar surface area (TPSA) is 56.1 Å². The molecular weight excluding hydrogens is 429 g/mol. The Kier molecular flexibility index (Phi) is 4.70. The highest BCUT2D eigenvalue weighted by molar-refractivity contribution is 6.03. The molecule has 0 radical (unpaired) electrons. The molecule has 0 unspecified atom stereocenters. The molecule has 34 heavy (non-hydrogen) atoms. The van der Waals surface area contributed by atoms with Gasteiger partial charge in [0.15, 0.2) is 6.73 Å². The molecule has 3 aromatic heterocycles. The predicted molar refractivity (Wildman–Crippen MR) is 129 cm³/mol. The third-order valence-electron chi connectivity index (χ3n) is 5.71. The van der Waals surface area contributed by atoms with Crippen molar-refractivity contribution in [3.63, 3.8) is 0 Å². The number of halogens is 1. The van der Waals surface area contributed by atoms with Gasteiger partial charge < -0.3 is 9.64 Å². The molecule has 1 aliphatic heterocycles. The van der Waals surface area contributed by atoms with Crippen LogP contribution in [-0.4, -0.2) is 26.2 Å². The van der Waals surface area contributed by atoms with Crippen molar-refractivity contribution in [3.05, 3.63) is 102 Å². The average molecular weight is 447 g/mol. The summed E-state index contributed by atoms with van der Waals surface area (Å²) in [6, 6.07) is 14.8. The fraction of sp³-hybridized carbons (Fsp3) is 0.0741. The zero-order valence-corrected chi connectivity index (χ0v) is 18.2. The minimum atomic E-state index is -0.338. The van der Waals surface area contributed by atoms with Gasteiger partial charge >= 0.3 is 0 Å². The second-order valence-electron chi connectivity index (χ2n) is 7.90. The van der Waals surface area contributed by atoms with Gasteiger partial charge in [0.25, 0.3) is 0 Å². The predicted octanol–water partition coefficient (Wildman–Crippen LogP) is 5.08. The van der Waals surface area contributed by atoms with Crippen LogP contribution < -0.4 is 4.90 Å². The highest BCUT2D eigenvalue weighted by Gasteiger charge is 2.17. The van der Waals surface area contributed by atoms with Crippen LogP contribution in [0.4, 0.5) is 10.1 Å². The molecule has 0 N–H and O–H groups in total. The van der Waals surface area contributed by atoms with Crippen LogP contribution in [0.2, 0.25) is 0 Å². The Morgan fingerprint density at radius 3 is 2.71 bits per heavy atom. The molecule has 4 heterocycles. The Hall–Kier alpha value is -4.70. The minimum absolute atomic E-state index is 0.294. The molecule has 0 aliphatic carbocycles. The molecule has 0 atom stereocenters. The van der Waals surface area contributed by atoms with Crippen LogP contribution in [0.5, 0.6) is 0 Å². The van der Waals surface area contributed by atoms with Gasteiger partial charge in [-0.15, -0.1) is 0 Å². The van der Waals surface area contributed by atoms with Crippen molar-refractivity contribution in [1.82, 2.24) is 19.5 Å².